The number of halogens is 2. The van der Waals surface area contributed by atoms with Gasteiger partial charge in [-0.2, -0.15) is 0 Å². The van der Waals surface area contributed by atoms with E-state index < -0.39 is 40.4 Å². The van der Waals surface area contributed by atoms with Gasteiger partial charge in [-0.25, -0.2) is 4.90 Å². The second-order valence-corrected chi connectivity index (χ2v) is 13.4. The molecule has 49 heavy (non-hydrogen) atoms. The van der Waals surface area contributed by atoms with E-state index >= 15 is 14.4 Å². The van der Waals surface area contributed by atoms with E-state index in [1.807, 2.05) is 60.7 Å². The molecule has 8 rings (SSSR count). The molecule has 1 aliphatic heterocycles. The summed E-state index contributed by atoms with van der Waals surface area (Å²) >= 11 is 12.8. The van der Waals surface area contributed by atoms with Crippen molar-refractivity contribution in [1.29, 1.82) is 0 Å². The van der Waals surface area contributed by atoms with Gasteiger partial charge in [0.05, 0.1) is 28.4 Å². The van der Waals surface area contributed by atoms with Crippen molar-refractivity contribution in [1.82, 2.24) is 0 Å². The second kappa shape index (κ2) is 11.4. The molecule has 0 radical (unpaired) electrons. The third-order valence-corrected chi connectivity index (χ3v) is 10.6. The maximum Gasteiger partial charge on any atom is 0.308 e. The number of ketones is 1. The molecule has 5 aromatic rings. The van der Waals surface area contributed by atoms with Gasteiger partial charge >= 0.3 is 5.97 Å². The molecule has 0 N–H and O–H groups in total. The van der Waals surface area contributed by atoms with Crippen LogP contribution < -0.4 is 9.64 Å². The summed E-state index contributed by atoms with van der Waals surface area (Å²) in [5.74, 6) is -3.88. The maximum atomic E-state index is 16.0. The minimum absolute atomic E-state index is 0.189. The lowest BCUT2D eigenvalue weighted by Crippen LogP contribution is -2.45. The first-order valence-electron chi connectivity index (χ1n) is 15.8. The third kappa shape index (κ3) is 4.27. The van der Waals surface area contributed by atoms with Crippen LogP contribution in [0.3, 0.4) is 0 Å². The smallest absolute Gasteiger partial charge is 0.308 e. The molecule has 6 nitrogen and oxygen atoms in total. The summed E-state index contributed by atoms with van der Waals surface area (Å²) in [6, 6.07) is 39.5. The Labute approximate surface area is 292 Å². The van der Waals surface area contributed by atoms with Crippen LogP contribution in [0.15, 0.2) is 133 Å². The number of fused-ring (bicyclic) bond motifs is 5. The number of carbonyl (C=O) groups is 4. The highest BCUT2D eigenvalue weighted by Gasteiger charge is 2.82. The first kappa shape index (κ1) is 31.0. The standard InChI is InChI=1S/C41H27Cl2NO5/c1-24(45)49-32-14-8-13-31(23-32)44-37(46)35-36(38(44)47)41(28-17-21-30(43)22-18-28)34(26-11-6-3-7-12-26)33(25-9-4-2-5-10-25)40(35,39(41)48)27-15-19-29(42)20-16-27/h2-23,35-36H,1H3/t35-,36-,40+,41+/m1/s1. The maximum absolute atomic E-state index is 16.0. The van der Waals surface area contributed by atoms with Crippen molar-refractivity contribution in [2.45, 2.75) is 17.8 Å². The van der Waals surface area contributed by atoms with Crippen molar-refractivity contribution < 1.29 is 23.9 Å². The molecule has 0 unspecified atom stereocenters. The van der Waals surface area contributed by atoms with E-state index in [1.54, 1.807) is 66.7 Å². The van der Waals surface area contributed by atoms with Gasteiger partial charge in [-0.1, -0.05) is 114 Å². The summed E-state index contributed by atoms with van der Waals surface area (Å²) in [7, 11) is 0. The number of Topliss-reactive ketones (excluding diaryl/α,β-unsaturated/α-hetero) is 1. The van der Waals surface area contributed by atoms with Crippen LogP contribution in [0.1, 0.15) is 29.2 Å². The Kier molecular flexibility index (Phi) is 7.21. The molecule has 2 aliphatic carbocycles. The minimum atomic E-state index is -1.59. The molecule has 240 valence electrons. The van der Waals surface area contributed by atoms with Crippen molar-refractivity contribution in [3.05, 3.63) is 166 Å². The largest absolute Gasteiger partial charge is 0.427 e. The van der Waals surface area contributed by atoms with Gasteiger partial charge in [0.1, 0.15) is 5.75 Å². The fraction of sp³-hybridized carbons (Fsp3) is 0.122. The van der Waals surface area contributed by atoms with Crippen LogP contribution in [0.5, 0.6) is 5.75 Å². The normalized spacial score (nSPS) is 24.1. The molecule has 2 amide bonds. The number of imide groups is 1. The number of ether oxygens (including phenoxy) is 1. The first-order chi connectivity index (χ1) is 23.7. The Balaban J connectivity index is 1.51. The Hall–Kier alpha value is -5.30. The van der Waals surface area contributed by atoms with Crippen LogP contribution in [0.25, 0.3) is 11.1 Å². The summed E-state index contributed by atoms with van der Waals surface area (Å²) in [5, 5.41) is 0.936. The van der Waals surface area contributed by atoms with Gasteiger partial charge in [0.25, 0.3) is 0 Å². The van der Waals surface area contributed by atoms with Crippen molar-refractivity contribution in [3.8, 4) is 5.75 Å². The van der Waals surface area contributed by atoms with E-state index in [1.165, 1.54) is 13.0 Å². The summed E-state index contributed by atoms with van der Waals surface area (Å²) in [4.78, 5) is 59.2. The van der Waals surface area contributed by atoms with E-state index in [0.29, 0.717) is 32.3 Å². The number of esters is 1. The molecule has 2 bridgehead atoms. The van der Waals surface area contributed by atoms with Gasteiger partial charge in [0.15, 0.2) is 5.78 Å². The fourth-order valence-corrected chi connectivity index (χ4v) is 8.72. The minimum Gasteiger partial charge on any atom is -0.427 e. The van der Waals surface area contributed by atoms with Gasteiger partial charge in [0.2, 0.25) is 11.8 Å². The molecule has 0 aromatic heterocycles. The zero-order chi connectivity index (χ0) is 34.1. The SMILES string of the molecule is CC(=O)Oc1cccc(N2C(=O)[C@H]3[C@H](C2=O)[C@@]2(c4ccc(Cl)cc4)C(=O)[C@@]3(c3ccc(Cl)cc3)C(c3ccccc3)=C2c2ccccc2)c1. The van der Waals surface area contributed by atoms with Gasteiger partial charge in [0, 0.05) is 23.0 Å². The van der Waals surface area contributed by atoms with Gasteiger partial charge < -0.3 is 4.74 Å². The number of benzene rings is 5. The lowest BCUT2D eigenvalue weighted by Gasteiger charge is -2.39. The molecule has 2 fully saturated rings. The molecule has 1 saturated heterocycles. The highest BCUT2D eigenvalue weighted by Crippen LogP contribution is 2.74. The van der Waals surface area contributed by atoms with Crippen LogP contribution in [-0.2, 0) is 30.0 Å². The number of allylic oxidation sites excluding steroid dienone is 2. The Morgan fingerprint density at radius 2 is 1.06 bits per heavy atom. The number of hydrogen-bond acceptors (Lipinski definition) is 5. The number of carbonyl (C=O) groups excluding carboxylic acids is 4. The Bertz CT molecular complexity index is 2090. The van der Waals surface area contributed by atoms with Gasteiger partial charge in [-0.15, -0.1) is 0 Å². The summed E-state index contributed by atoms with van der Waals surface area (Å²) < 4.78 is 5.33. The van der Waals surface area contributed by atoms with Crippen LogP contribution in [0.4, 0.5) is 5.69 Å². The third-order valence-electron chi connectivity index (χ3n) is 10.1. The first-order valence-corrected chi connectivity index (χ1v) is 16.6. The van der Waals surface area contributed by atoms with Crippen LogP contribution in [0.2, 0.25) is 10.0 Å². The number of nitrogens with zero attached hydrogens (tertiary/aromatic N) is 1. The van der Waals surface area contributed by atoms with Crippen molar-refractivity contribution in [2.75, 3.05) is 4.90 Å². The Morgan fingerprint density at radius 1 is 0.612 bits per heavy atom. The monoisotopic (exact) mass is 683 g/mol. The average molecular weight is 685 g/mol. The summed E-state index contributed by atoms with van der Waals surface area (Å²) in [6.45, 7) is 1.28. The molecule has 3 aliphatic rings. The van der Waals surface area contributed by atoms with E-state index in [2.05, 4.69) is 0 Å². The number of anilines is 1. The van der Waals surface area contributed by atoms with E-state index in [-0.39, 0.29) is 17.2 Å². The van der Waals surface area contributed by atoms with Crippen molar-refractivity contribution in [2.24, 2.45) is 11.8 Å². The molecule has 4 atom stereocenters. The van der Waals surface area contributed by atoms with Gasteiger partial charge in [-0.3, -0.25) is 19.2 Å². The molecular weight excluding hydrogens is 657 g/mol. The zero-order valence-corrected chi connectivity index (χ0v) is 27.6. The number of amides is 2. The zero-order valence-electron chi connectivity index (χ0n) is 26.1. The van der Waals surface area contributed by atoms with E-state index in [9.17, 15) is 4.79 Å². The lowest BCUT2D eigenvalue weighted by molar-refractivity contribution is -0.132. The highest BCUT2D eigenvalue weighted by atomic mass is 35.5. The van der Waals surface area contributed by atoms with Crippen LogP contribution in [-0.4, -0.2) is 23.6 Å². The highest BCUT2D eigenvalue weighted by molar-refractivity contribution is 6.39. The van der Waals surface area contributed by atoms with Crippen molar-refractivity contribution in [3.63, 3.8) is 0 Å². The fourth-order valence-electron chi connectivity index (χ4n) is 8.46. The Morgan fingerprint density at radius 3 is 1.49 bits per heavy atom. The molecule has 1 saturated carbocycles. The molecule has 1 heterocycles. The second-order valence-electron chi connectivity index (χ2n) is 12.5. The van der Waals surface area contributed by atoms with E-state index in [4.69, 9.17) is 27.9 Å². The molecule has 0 spiro atoms. The predicted molar refractivity (Wildman–Crippen MR) is 188 cm³/mol. The lowest BCUT2D eigenvalue weighted by atomic mass is 9.59. The molecular formula is C41H27Cl2NO5. The quantitative estimate of drug-likeness (QED) is 0.103. The van der Waals surface area contributed by atoms with Crippen LogP contribution in [0, 0.1) is 11.8 Å². The topological polar surface area (TPSA) is 80.8 Å². The van der Waals surface area contributed by atoms with Gasteiger partial charge in [-0.05, 0) is 69.8 Å². The average Bonchev–Trinajstić information content (AvgIpc) is 3.61. The van der Waals surface area contributed by atoms with Crippen LogP contribution >= 0.6 is 23.2 Å². The number of rotatable bonds is 6. The van der Waals surface area contributed by atoms with E-state index in [0.717, 1.165) is 16.0 Å². The summed E-state index contributed by atoms with van der Waals surface area (Å²) in [6.07, 6.45) is 0. The number of hydrogen-bond donors (Lipinski definition) is 0. The van der Waals surface area contributed by atoms with Crippen molar-refractivity contribution >= 4 is 63.6 Å². The summed E-state index contributed by atoms with van der Waals surface area (Å²) in [5.41, 5.74) is 1.05. The predicted octanol–water partition coefficient (Wildman–Crippen LogP) is 8.11. The molecule has 5 aromatic carbocycles. The molecule has 8 heteroatoms.